The van der Waals surface area contributed by atoms with Crippen LogP contribution in [0.15, 0.2) is 205 Å². The van der Waals surface area contributed by atoms with Crippen LogP contribution in [-0.4, -0.2) is 0 Å². The highest BCUT2D eigenvalue weighted by molar-refractivity contribution is 6.11. The van der Waals surface area contributed by atoms with E-state index < -0.39 is 0 Å². The summed E-state index contributed by atoms with van der Waals surface area (Å²) in [7, 11) is 0. The molecule has 0 bridgehead atoms. The molecule has 9 aromatic carbocycles. The third kappa shape index (κ3) is 5.29. The number of rotatable bonds is 6. The zero-order valence-corrected chi connectivity index (χ0v) is 35.4. The van der Waals surface area contributed by atoms with Crippen LogP contribution in [0.25, 0.3) is 77.6 Å². The number of furan rings is 1. The molecule has 0 N–H and O–H groups in total. The lowest BCUT2D eigenvalue weighted by atomic mass is 9.81. The van der Waals surface area contributed by atoms with E-state index in [4.69, 9.17) is 4.42 Å². The zero-order chi connectivity index (χ0) is 41.7. The molecule has 12 rings (SSSR count). The van der Waals surface area contributed by atoms with E-state index in [0.29, 0.717) is 0 Å². The normalized spacial score (nSPS) is 14.1. The van der Waals surface area contributed by atoms with E-state index in [-0.39, 0.29) is 10.8 Å². The number of hydrogen-bond acceptors (Lipinski definition) is 2. The molecule has 0 saturated heterocycles. The fourth-order valence-corrected chi connectivity index (χ4v) is 10.8. The van der Waals surface area contributed by atoms with E-state index in [1.54, 1.807) is 0 Å². The molecule has 0 atom stereocenters. The molecule has 10 aromatic rings. The Morgan fingerprint density at radius 3 is 1.61 bits per heavy atom. The highest BCUT2D eigenvalue weighted by Crippen LogP contribution is 2.55. The van der Waals surface area contributed by atoms with Crippen LogP contribution in [-0.2, 0) is 10.8 Å². The minimum atomic E-state index is -0.111. The Morgan fingerprint density at radius 2 is 0.855 bits per heavy atom. The van der Waals surface area contributed by atoms with Crippen LogP contribution in [0.3, 0.4) is 0 Å². The van der Waals surface area contributed by atoms with Crippen molar-refractivity contribution < 1.29 is 4.42 Å². The summed E-state index contributed by atoms with van der Waals surface area (Å²) in [6, 6.07) is 73.5. The number of anilines is 3. The van der Waals surface area contributed by atoms with Gasteiger partial charge in [0.2, 0.25) is 0 Å². The molecule has 2 aliphatic rings. The van der Waals surface area contributed by atoms with Gasteiger partial charge in [0, 0.05) is 44.0 Å². The van der Waals surface area contributed by atoms with E-state index in [9.17, 15) is 0 Å². The molecule has 1 aromatic heterocycles. The zero-order valence-electron chi connectivity index (χ0n) is 35.4. The van der Waals surface area contributed by atoms with Crippen molar-refractivity contribution in [2.45, 2.75) is 38.5 Å². The maximum absolute atomic E-state index is 6.69. The van der Waals surface area contributed by atoms with Crippen molar-refractivity contribution in [2.24, 2.45) is 0 Å². The number of fused-ring (bicyclic) bond motifs is 9. The summed E-state index contributed by atoms with van der Waals surface area (Å²) >= 11 is 0. The van der Waals surface area contributed by atoms with Crippen LogP contribution < -0.4 is 4.90 Å². The molecule has 0 unspecified atom stereocenters. The van der Waals surface area contributed by atoms with Gasteiger partial charge in [-0.3, -0.25) is 0 Å². The molecule has 296 valence electrons. The van der Waals surface area contributed by atoms with Gasteiger partial charge in [-0.25, -0.2) is 0 Å². The molecule has 0 radical (unpaired) electrons. The Hall–Kier alpha value is -7.42. The van der Waals surface area contributed by atoms with E-state index in [1.165, 1.54) is 66.8 Å². The summed E-state index contributed by atoms with van der Waals surface area (Å²) in [5, 5.41) is 2.24. The van der Waals surface area contributed by atoms with Gasteiger partial charge >= 0.3 is 0 Å². The van der Waals surface area contributed by atoms with E-state index >= 15 is 0 Å². The van der Waals surface area contributed by atoms with Crippen molar-refractivity contribution in [3.8, 4) is 55.6 Å². The van der Waals surface area contributed by atoms with Crippen LogP contribution in [0.4, 0.5) is 17.1 Å². The monoisotopic (exact) mass is 795 g/mol. The first-order valence-corrected chi connectivity index (χ1v) is 21.8. The molecule has 2 nitrogen and oxygen atoms in total. The van der Waals surface area contributed by atoms with Gasteiger partial charge in [-0.2, -0.15) is 0 Å². The summed E-state index contributed by atoms with van der Waals surface area (Å²) in [5.41, 5.74) is 22.7. The molecule has 0 amide bonds. The molecule has 2 aliphatic carbocycles. The van der Waals surface area contributed by atoms with Gasteiger partial charge in [0.25, 0.3) is 0 Å². The van der Waals surface area contributed by atoms with E-state index in [2.05, 4.69) is 227 Å². The molecular formula is C60H45NO. The van der Waals surface area contributed by atoms with Crippen molar-refractivity contribution in [1.82, 2.24) is 0 Å². The molecule has 1 heterocycles. The van der Waals surface area contributed by atoms with Crippen LogP contribution in [0, 0.1) is 0 Å². The van der Waals surface area contributed by atoms with Crippen LogP contribution in [0.2, 0.25) is 0 Å². The van der Waals surface area contributed by atoms with Crippen LogP contribution >= 0.6 is 0 Å². The van der Waals surface area contributed by atoms with Crippen LogP contribution in [0.1, 0.15) is 49.9 Å². The fourth-order valence-electron chi connectivity index (χ4n) is 10.8. The largest absolute Gasteiger partial charge is 0.455 e. The molecule has 62 heavy (non-hydrogen) atoms. The average Bonchev–Trinajstić information content (AvgIpc) is 3.89. The quantitative estimate of drug-likeness (QED) is 0.167. The lowest BCUT2D eigenvalue weighted by molar-refractivity contribution is 0.660. The molecule has 0 spiro atoms. The maximum atomic E-state index is 6.69. The van der Waals surface area contributed by atoms with Gasteiger partial charge in [-0.15, -0.1) is 0 Å². The predicted molar refractivity (Wildman–Crippen MR) is 260 cm³/mol. The second-order valence-electron chi connectivity index (χ2n) is 18.0. The standard InChI is InChI=1S/C60H45NO/c1-59(2)51-26-11-6-21-49(51)57-46(22-16-27-52(57)59)43-18-7-12-28-54(43)61(55-29-13-8-19-44(55)47-23-15-24-48-45-20-9-14-30-56(45)62-58(47)48)40-34-31-38(32-35-40)39-33-36-42-41-17-5-10-25-50(41)60(3,4)53(42)37-39/h5-37H,1-4H3. The second-order valence-corrected chi connectivity index (χ2v) is 18.0. The summed E-state index contributed by atoms with van der Waals surface area (Å²) < 4.78 is 6.69. The third-order valence-electron chi connectivity index (χ3n) is 13.9. The molecule has 0 fully saturated rings. The minimum Gasteiger partial charge on any atom is -0.455 e. The van der Waals surface area contributed by atoms with Crippen molar-refractivity contribution in [2.75, 3.05) is 4.90 Å². The van der Waals surface area contributed by atoms with Gasteiger partial charge < -0.3 is 9.32 Å². The Kier molecular flexibility index (Phi) is 7.96. The van der Waals surface area contributed by atoms with Crippen LogP contribution in [0.5, 0.6) is 0 Å². The Morgan fingerprint density at radius 1 is 0.355 bits per heavy atom. The van der Waals surface area contributed by atoms with E-state index in [0.717, 1.165) is 50.1 Å². The van der Waals surface area contributed by atoms with Crippen molar-refractivity contribution in [3.63, 3.8) is 0 Å². The minimum absolute atomic E-state index is 0.0673. The van der Waals surface area contributed by atoms with E-state index in [1.807, 2.05) is 6.07 Å². The first-order valence-electron chi connectivity index (χ1n) is 21.8. The fraction of sp³-hybridized carbons (Fsp3) is 0.100. The SMILES string of the molecule is CC1(C)c2ccccc2-c2ccc(-c3ccc(N(c4ccccc4-c4cccc5c4-c4ccccc4C5(C)C)c4ccccc4-c4cccc5c4oc4ccccc45)cc3)cc21. The molecule has 0 aliphatic heterocycles. The Labute approximate surface area is 363 Å². The maximum Gasteiger partial charge on any atom is 0.143 e. The smallest absolute Gasteiger partial charge is 0.143 e. The average molecular weight is 796 g/mol. The van der Waals surface area contributed by atoms with Gasteiger partial charge in [0.15, 0.2) is 0 Å². The third-order valence-corrected chi connectivity index (χ3v) is 13.9. The number of hydrogen-bond donors (Lipinski definition) is 0. The first-order chi connectivity index (χ1) is 30.3. The number of para-hydroxylation sites is 4. The highest BCUT2D eigenvalue weighted by Gasteiger charge is 2.38. The summed E-state index contributed by atoms with van der Waals surface area (Å²) in [6.07, 6.45) is 0. The predicted octanol–water partition coefficient (Wildman–Crippen LogP) is 16.7. The summed E-state index contributed by atoms with van der Waals surface area (Å²) in [5.74, 6) is 0. The summed E-state index contributed by atoms with van der Waals surface area (Å²) in [6.45, 7) is 9.42. The number of nitrogens with zero attached hydrogens (tertiary/aromatic N) is 1. The van der Waals surface area contributed by atoms with Crippen molar-refractivity contribution in [3.05, 3.63) is 222 Å². The van der Waals surface area contributed by atoms with Gasteiger partial charge in [0.1, 0.15) is 11.2 Å². The Bertz CT molecular complexity index is 3420. The molecular weight excluding hydrogens is 751 g/mol. The lowest BCUT2D eigenvalue weighted by Crippen LogP contribution is -2.15. The van der Waals surface area contributed by atoms with Crippen molar-refractivity contribution in [1.29, 1.82) is 0 Å². The Balaban J connectivity index is 1.06. The molecule has 2 heteroatoms. The topological polar surface area (TPSA) is 16.4 Å². The number of benzene rings is 9. The molecule has 0 saturated carbocycles. The lowest BCUT2D eigenvalue weighted by Gasteiger charge is -2.30. The first kappa shape index (κ1) is 36.4. The second kappa shape index (κ2) is 13.5. The van der Waals surface area contributed by atoms with Gasteiger partial charge in [-0.1, -0.05) is 191 Å². The van der Waals surface area contributed by atoms with Crippen molar-refractivity contribution >= 4 is 39.0 Å². The van der Waals surface area contributed by atoms with Gasteiger partial charge in [-0.05, 0) is 97.6 Å². The summed E-state index contributed by atoms with van der Waals surface area (Å²) in [4.78, 5) is 2.46. The van der Waals surface area contributed by atoms with Gasteiger partial charge in [0.05, 0.1) is 11.4 Å². The highest BCUT2D eigenvalue weighted by atomic mass is 16.3.